The molecule has 0 atom stereocenters. The smallest absolute Gasteiger partial charge is 0.266 e. The van der Waals surface area contributed by atoms with Crippen molar-refractivity contribution < 1.29 is 9.59 Å². The summed E-state index contributed by atoms with van der Waals surface area (Å²) in [6.07, 6.45) is 0.279. The first kappa shape index (κ1) is 27.7. The molecule has 204 valence electrons. The number of thiazole rings is 1. The normalized spacial score (nSPS) is 14.6. The number of aromatic nitrogens is 3. The first-order chi connectivity index (χ1) is 20.0. The van der Waals surface area contributed by atoms with Gasteiger partial charge in [0.25, 0.3) is 11.8 Å². The van der Waals surface area contributed by atoms with Crippen LogP contribution in [-0.4, -0.2) is 36.2 Å². The Kier molecular flexibility index (Phi) is 8.54. The van der Waals surface area contributed by atoms with E-state index in [0.717, 1.165) is 42.5 Å². The van der Waals surface area contributed by atoms with Crippen LogP contribution in [0.4, 0.5) is 5.13 Å². The van der Waals surface area contributed by atoms with Gasteiger partial charge in [0.05, 0.1) is 27.4 Å². The number of hydrogen-bond acceptors (Lipinski definition) is 10. The lowest BCUT2D eigenvalue weighted by atomic mass is 10.0. The number of thiocarbonyl (C=S) groups is 1. The predicted octanol–water partition coefficient (Wildman–Crippen LogP) is 6.94. The molecular formula is C29H21N5O2S5. The minimum absolute atomic E-state index is 0.268. The maximum atomic E-state index is 13.6. The van der Waals surface area contributed by atoms with Gasteiger partial charge in [0.1, 0.15) is 9.33 Å². The third kappa shape index (κ3) is 6.57. The molecule has 0 aliphatic carbocycles. The monoisotopic (exact) mass is 631 g/mol. The number of rotatable bonds is 9. The number of carbonyl (C=O) groups is 2. The molecule has 7 nitrogen and oxygen atoms in total. The summed E-state index contributed by atoms with van der Waals surface area (Å²) in [5.74, 6) is -0.0757. The zero-order valence-electron chi connectivity index (χ0n) is 21.4. The molecule has 0 bridgehead atoms. The summed E-state index contributed by atoms with van der Waals surface area (Å²) in [7, 11) is 0. The fraction of sp³-hybridized carbons (Fsp3) is 0.103. The number of hydrogen-bond donors (Lipinski definition) is 1. The van der Waals surface area contributed by atoms with Crippen LogP contribution in [0, 0.1) is 0 Å². The Morgan fingerprint density at radius 1 is 0.902 bits per heavy atom. The number of fused-ring (bicyclic) bond motifs is 1. The van der Waals surface area contributed by atoms with Gasteiger partial charge in [-0.25, -0.2) is 4.98 Å². The molecule has 1 N–H and O–H groups in total. The molecule has 12 heteroatoms. The van der Waals surface area contributed by atoms with E-state index in [0.29, 0.717) is 32.2 Å². The molecule has 2 amide bonds. The fourth-order valence-electron chi connectivity index (χ4n) is 4.12. The Morgan fingerprint density at radius 3 is 2.37 bits per heavy atom. The van der Waals surface area contributed by atoms with Crippen molar-refractivity contribution in [3.63, 3.8) is 0 Å². The van der Waals surface area contributed by atoms with Crippen molar-refractivity contribution in [3.8, 4) is 0 Å². The molecular weight excluding hydrogens is 611 g/mol. The average molecular weight is 632 g/mol. The van der Waals surface area contributed by atoms with E-state index < -0.39 is 5.91 Å². The lowest BCUT2D eigenvalue weighted by molar-refractivity contribution is -0.123. The van der Waals surface area contributed by atoms with Crippen LogP contribution in [0.1, 0.15) is 16.1 Å². The van der Waals surface area contributed by atoms with Crippen molar-refractivity contribution in [2.24, 2.45) is 0 Å². The number of amides is 2. The van der Waals surface area contributed by atoms with Gasteiger partial charge in [-0.05, 0) is 23.3 Å². The van der Waals surface area contributed by atoms with E-state index in [9.17, 15) is 9.59 Å². The highest BCUT2D eigenvalue weighted by Gasteiger charge is 2.36. The molecule has 1 aliphatic heterocycles. The number of carbonyl (C=O) groups excluding carboxylic acids is 2. The van der Waals surface area contributed by atoms with Crippen molar-refractivity contribution >= 4 is 89.9 Å². The summed E-state index contributed by atoms with van der Waals surface area (Å²) in [5.41, 5.74) is 3.20. The second-order valence-corrected chi connectivity index (χ2v) is 13.9. The summed E-state index contributed by atoms with van der Waals surface area (Å²) in [6, 6.07) is 27.3. The van der Waals surface area contributed by atoms with Crippen molar-refractivity contribution in [1.29, 1.82) is 0 Å². The van der Waals surface area contributed by atoms with Crippen molar-refractivity contribution in [2.45, 2.75) is 23.1 Å². The fourth-order valence-corrected chi connectivity index (χ4v) is 8.22. The van der Waals surface area contributed by atoms with E-state index in [-0.39, 0.29) is 12.3 Å². The maximum absolute atomic E-state index is 13.6. The van der Waals surface area contributed by atoms with Crippen LogP contribution in [0.2, 0.25) is 0 Å². The molecule has 1 fully saturated rings. The van der Waals surface area contributed by atoms with Crippen molar-refractivity contribution in [1.82, 2.24) is 20.1 Å². The highest BCUT2D eigenvalue weighted by atomic mass is 32.2. The van der Waals surface area contributed by atoms with E-state index in [2.05, 4.69) is 26.6 Å². The predicted molar refractivity (Wildman–Crippen MR) is 172 cm³/mol. The molecule has 5 aromatic rings. The molecule has 0 spiro atoms. The van der Waals surface area contributed by atoms with Gasteiger partial charge < -0.3 is 0 Å². The highest BCUT2D eigenvalue weighted by molar-refractivity contribution is 8.26. The lowest BCUT2D eigenvalue weighted by Gasteiger charge is -2.15. The van der Waals surface area contributed by atoms with Gasteiger partial charge in [-0.15, -0.1) is 21.5 Å². The van der Waals surface area contributed by atoms with E-state index in [1.807, 2.05) is 78.9 Å². The molecule has 0 radical (unpaired) electrons. The molecule has 6 rings (SSSR count). The molecule has 2 aromatic heterocycles. The SMILES string of the molecule is O=C(Nc1nnc(CSc2nc3ccccc3s2)s1)/C(Cc1ccccc1)=C1/SC(=S)N(Cc2ccccc2)C1=O. The Bertz CT molecular complexity index is 1740. The van der Waals surface area contributed by atoms with Gasteiger partial charge >= 0.3 is 0 Å². The summed E-state index contributed by atoms with van der Waals surface area (Å²) in [5, 5.41) is 12.5. The second-order valence-electron chi connectivity index (χ2n) is 8.91. The number of nitrogens with one attached hydrogen (secondary N) is 1. The number of para-hydroxylation sites is 1. The van der Waals surface area contributed by atoms with Crippen molar-refractivity contribution in [3.05, 3.63) is 112 Å². The van der Waals surface area contributed by atoms with Crippen molar-refractivity contribution in [2.75, 3.05) is 5.32 Å². The lowest BCUT2D eigenvalue weighted by Crippen LogP contribution is -2.28. The number of thioether (sulfide) groups is 2. The molecule has 3 heterocycles. The third-order valence-electron chi connectivity index (χ3n) is 6.09. The summed E-state index contributed by atoms with van der Waals surface area (Å²) < 4.78 is 2.52. The van der Waals surface area contributed by atoms with Crippen LogP contribution < -0.4 is 5.32 Å². The van der Waals surface area contributed by atoms with Crippen LogP contribution in [0.15, 0.2) is 99.7 Å². The summed E-state index contributed by atoms with van der Waals surface area (Å²) in [4.78, 5) is 33.7. The Hall–Kier alpha value is -3.42. The first-order valence-corrected chi connectivity index (χ1v) is 16.3. The van der Waals surface area contributed by atoms with E-state index in [1.54, 1.807) is 28.0 Å². The van der Waals surface area contributed by atoms with Gasteiger partial charge in [-0.2, -0.15) is 0 Å². The van der Waals surface area contributed by atoms with Gasteiger partial charge in [0, 0.05) is 12.0 Å². The number of benzene rings is 3. The molecule has 0 saturated carbocycles. The molecule has 3 aromatic carbocycles. The average Bonchev–Trinajstić information content (AvgIpc) is 3.69. The Morgan fingerprint density at radius 2 is 1.61 bits per heavy atom. The van der Waals surface area contributed by atoms with Gasteiger partial charge in [-0.1, -0.05) is 120 Å². The van der Waals surface area contributed by atoms with Crippen LogP contribution >= 0.6 is 58.4 Å². The minimum atomic E-state index is -0.393. The summed E-state index contributed by atoms with van der Waals surface area (Å²) in [6.45, 7) is 0.349. The minimum Gasteiger partial charge on any atom is -0.297 e. The molecule has 41 heavy (non-hydrogen) atoms. The van der Waals surface area contributed by atoms with Gasteiger partial charge in [0.15, 0.2) is 4.34 Å². The van der Waals surface area contributed by atoms with E-state index in [4.69, 9.17) is 12.2 Å². The molecule has 1 aliphatic rings. The first-order valence-electron chi connectivity index (χ1n) is 12.5. The topological polar surface area (TPSA) is 88.1 Å². The maximum Gasteiger partial charge on any atom is 0.266 e. The van der Waals surface area contributed by atoms with E-state index in [1.165, 1.54) is 11.3 Å². The quantitative estimate of drug-likeness (QED) is 0.106. The zero-order valence-corrected chi connectivity index (χ0v) is 25.4. The zero-order chi connectivity index (χ0) is 28.2. The third-order valence-corrected chi connectivity index (χ3v) is 10.8. The highest BCUT2D eigenvalue weighted by Crippen LogP contribution is 2.36. The number of anilines is 1. The molecule has 0 unspecified atom stereocenters. The summed E-state index contributed by atoms with van der Waals surface area (Å²) >= 11 is 11.3. The van der Waals surface area contributed by atoms with E-state index >= 15 is 0 Å². The largest absolute Gasteiger partial charge is 0.297 e. The number of nitrogens with zero attached hydrogens (tertiary/aromatic N) is 4. The van der Waals surface area contributed by atoms with Crippen LogP contribution in [0.3, 0.4) is 0 Å². The van der Waals surface area contributed by atoms with Crippen LogP contribution in [-0.2, 0) is 28.3 Å². The molecule has 1 saturated heterocycles. The Labute approximate surface area is 258 Å². The Balaban J connectivity index is 1.20. The van der Waals surface area contributed by atoms with Gasteiger partial charge in [-0.3, -0.25) is 19.8 Å². The van der Waals surface area contributed by atoms with Gasteiger partial charge in [0.2, 0.25) is 5.13 Å². The second kappa shape index (κ2) is 12.6. The standard InChI is InChI=1S/C29H21N5O2S5/c35-25(31-27-33-32-23(40-27)17-38-28-30-21-13-7-8-14-22(21)39-28)20(15-18-9-3-1-4-10-18)24-26(36)34(29(37)41-24)16-19-11-5-2-6-12-19/h1-14H,15-17H2,(H,31,33,35)/b24-20+. The van der Waals surface area contributed by atoms with Crippen LogP contribution in [0.5, 0.6) is 0 Å². The van der Waals surface area contributed by atoms with Crippen LogP contribution in [0.25, 0.3) is 10.2 Å².